The highest BCUT2D eigenvalue weighted by Gasteiger charge is 2.38. The van der Waals surface area contributed by atoms with E-state index in [1.165, 1.54) is 12.0 Å². The van der Waals surface area contributed by atoms with Gasteiger partial charge in [-0.15, -0.1) is 24.0 Å². The summed E-state index contributed by atoms with van der Waals surface area (Å²) in [5.41, 5.74) is 1.44. The van der Waals surface area contributed by atoms with Gasteiger partial charge in [0.05, 0.1) is 0 Å². The summed E-state index contributed by atoms with van der Waals surface area (Å²) in [6.45, 7) is 2.01. The minimum Gasteiger partial charge on any atom is -0.356 e. The number of halogens is 1. The van der Waals surface area contributed by atoms with Crippen LogP contribution in [0.15, 0.2) is 35.3 Å². The fourth-order valence-electron chi connectivity index (χ4n) is 2.23. The molecular weight excluding hydrogens is 325 g/mol. The van der Waals surface area contributed by atoms with Crippen LogP contribution in [0.1, 0.15) is 24.3 Å². The maximum absolute atomic E-state index is 4.43. The Labute approximate surface area is 119 Å². The lowest BCUT2D eigenvalue weighted by atomic mass is 10.1. The van der Waals surface area contributed by atoms with Crippen LogP contribution in [0.4, 0.5) is 0 Å². The zero-order valence-electron chi connectivity index (χ0n) is 9.73. The van der Waals surface area contributed by atoms with E-state index in [4.69, 9.17) is 0 Å². The number of rotatable bonds is 2. The van der Waals surface area contributed by atoms with Crippen molar-refractivity contribution in [2.75, 3.05) is 13.1 Å². The first-order chi connectivity index (χ1) is 7.93. The van der Waals surface area contributed by atoms with Gasteiger partial charge in [0.1, 0.15) is 0 Å². The quantitative estimate of drug-likeness (QED) is 0.807. The van der Waals surface area contributed by atoms with Crippen LogP contribution in [0, 0.1) is 0 Å². The molecule has 0 amide bonds. The Kier molecular flexibility index (Phi) is 4.25. The van der Waals surface area contributed by atoms with Gasteiger partial charge in [-0.3, -0.25) is 4.99 Å². The van der Waals surface area contributed by atoms with E-state index in [-0.39, 0.29) is 24.0 Å². The first-order valence-electron chi connectivity index (χ1n) is 6.03. The SMILES string of the molecule is I.c1ccc([C@@H]2C[C@H]2NC2=NCCCN2)cc1. The third kappa shape index (κ3) is 3.12. The van der Waals surface area contributed by atoms with Crippen LogP contribution in [0.25, 0.3) is 0 Å². The van der Waals surface area contributed by atoms with Crippen molar-refractivity contribution in [1.29, 1.82) is 0 Å². The molecule has 2 N–H and O–H groups in total. The van der Waals surface area contributed by atoms with Gasteiger partial charge < -0.3 is 10.6 Å². The van der Waals surface area contributed by atoms with Gasteiger partial charge in [-0.25, -0.2) is 0 Å². The van der Waals surface area contributed by atoms with Crippen molar-refractivity contribution in [2.24, 2.45) is 4.99 Å². The summed E-state index contributed by atoms with van der Waals surface area (Å²) in [5, 5.41) is 6.78. The zero-order chi connectivity index (χ0) is 10.8. The summed E-state index contributed by atoms with van der Waals surface area (Å²) in [7, 11) is 0. The Hall–Kier alpha value is -0.780. The molecular formula is C13H18IN3. The van der Waals surface area contributed by atoms with Gasteiger partial charge >= 0.3 is 0 Å². The molecule has 1 heterocycles. The second-order valence-electron chi connectivity index (χ2n) is 4.51. The maximum Gasteiger partial charge on any atom is 0.191 e. The van der Waals surface area contributed by atoms with Crippen molar-refractivity contribution in [3.05, 3.63) is 35.9 Å². The molecule has 92 valence electrons. The highest BCUT2D eigenvalue weighted by atomic mass is 127. The summed E-state index contributed by atoms with van der Waals surface area (Å²) >= 11 is 0. The Morgan fingerprint density at radius 2 is 2.06 bits per heavy atom. The number of nitrogens with one attached hydrogen (secondary N) is 2. The van der Waals surface area contributed by atoms with Gasteiger partial charge in [-0.05, 0) is 18.4 Å². The lowest BCUT2D eigenvalue weighted by Crippen LogP contribution is -2.42. The second-order valence-corrected chi connectivity index (χ2v) is 4.51. The molecule has 3 rings (SSSR count). The van der Waals surface area contributed by atoms with Crippen molar-refractivity contribution in [2.45, 2.75) is 24.8 Å². The molecule has 0 unspecified atom stereocenters. The monoisotopic (exact) mass is 343 g/mol. The fraction of sp³-hybridized carbons (Fsp3) is 0.462. The van der Waals surface area contributed by atoms with Crippen LogP contribution in [0.3, 0.4) is 0 Å². The van der Waals surface area contributed by atoms with Crippen molar-refractivity contribution in [1.82, 2.24) is 10.6 Å². The molecule has 3 nitrogen and oxygen atoms in total. The Morgan fingerprint density at radius 1 is 1.24 bits per heavy atom. The van der Waals surface area contributed by atoms with Crippen LogP contribution in [0.5, 0.6) is 0 Å². The molecule has 0 spiro atoms. The average molecular weight is 343 g/mol. The van der Waals surface area contributed by atoms with E-state index in [1.807, 2.05) is 0 Å². The molecule has 0 bridgehead atoms. The minimum atomic E-state index is 0. The first-order valence-corrected chi connectivity index (χ1v) is 6.03. The summed E-state index contributed by atoms with van der Waals surface area (Å²) < 4.78 is 0. The predicted molar refractivity (Wildman–Crippen MR) is 81.1 cm³/mol. The van der Waals surface area contributed by atoms with Gasteiger partial charge in [-0.2, -0.15) is 0 Å². The number of nitrogens with zero attached hydrogens (tertiary/aromatic N) is 1. The topological polar surface area (TPSA) is 36.4 Å². The standard InChI is InChI=1S/C13H17N3.HI/c1-2-5-10(6-3-1)11-9-12(11)16-13-14-7-4-8-15-13;/h1-3,5-6,11-12H,4,7-9H2,(H2,14,15,16);1H/t11-,12+;/m0./s1. The van der Waals surface area contributed by atoms with Crippen LogP contribution < -0.4 is 10.6 Å². The Balaban J connectivity index is 0.00000108. The molecule has 17 heavy (non-hydrogen) atoms. The van der Waals surface area contributed by atoms with E-state index in [0.717, 1.165) is 25.5 Å². The molecule has 2 atom stereocenters. The van der Waals surface area contributed by atoms with Crippen molar-refractivity contribution in [3.63, 3.8) is 0 Å². The molecule has 1 aromatic carbocycles. The fourth-order valence-corrected chi connectivity index (χ4v) is 2.23. The molecule has 0 saturated heterocycles. The molecule has 1 fully saturated rings. The van der Waals surface area contributed by atoms with Crippen LogP contribution in [-0.2, 0) is 0 Å². The first kappa shape index (κ1) is 12.7. The largest absolute Gasteiger partial charge is 0.356 e. The predicted octanol–water partition coefficient (Wildman–Crippen LogP) is 2.10. The van der Waals surface area contributed by atoms with Gasteiger partial charge in [-0.1, -0.05) is 30.3 Å². The molecule has 1 aliphatic heterocycles. The van der Waals surface area contributed by atoms with Crippen LogP contribution in [-0.4, -0.2) is 25.1 Å². The van der Waals surface area contributed by atoms with E-state index in [1.54, 1.807) is 0 Å². The normalized spacial score (nSPS) is 26.2. The second kappa shape index (κ2) is 5.71. The van der Waals surface area contributed by atoms with Crippen LogP contribution >= 0.6 is 24.0 Å². The summed E-state index contributed by atoms with van der Waals surface area (Å²) in [5.74, 6) is 1.67. The average Bonchev–Trinajstić information content (AvgIpc) is 3.11. The minimum absolute atomic E-state index is 0. The van der Waals surface area contributed by atoms with E-state index in [0.29, 0.717) is 12.0 Å². The van der Waals surface area contributed by atoms with Gasteiger partial charge in [0, 0.05) is 25.0 Å². The Morgan fingerprint density at radius 3 is 2.76 bits per heavy atom. The maximum atomic E-state index is 4.43. The lowest BCUT2D eigenvalue weighted by Gasteiger charge is -2.15. The third-order valence-electron chi connectivity index (χ3n) is 3.24. The summed E-state index contributed by atoms with van der Waals surface area (Å²) in [6.07, 6.45) is 2.38. The number of hydrogen-bond donors (Lipinski definition) is 2. The third-order valence-corrected chi connectivity index (χ3v) is 3.24. The lowest BCUT2D eigenvalue weighted by molar-refractivity contribution is 0.696. The smallest absolute Gasteiger partial charge is 0.191 e. The number of guanidine groups is 1. The van der Waals surface area contributed by atoms with Gasteiger partial charge in [0.2, 0.25) is 0 Å². The van der Waals surface area contributed by atoms with Crippen LogP contribution in [0.2, 0.25) is 0 Å². The molecule has 1 saturated carbocycles. The molecule has 4 heteroatoms. The number of hydrogen-bond acceptors (Lipinski definition) is 3. The van der Waals surface area contributed by atoms with Gasteiger partial charge in [0.15, 0.2) is 5.96 Å². The Bertz CT molecular complexity index is 391. The molecule has 0 radical (unpaired) electrons. The van der Waals surface area contributed by atoms with Crippen molar-refractivity contribution < 1.29 is 0 Å². The molecule has 2 aliphatic rings. The van der Waals surface area contributed by atoms with E-state index in [9.17, 15) is 0 Å². The number of benzene rings is 1. The van der Waals surface area contributed by atoms with Gasteiger partial charge in [0.25, 0.3) is 0 Å². The summed E-state index contributed by atoms with van der Waals surface area (Å²) in [4.78, 5) is 4.43. The highest BCUT2D eigenvalue weighted by Crippen LogP contribution is 2.40. The van der Waals surface area contributed by atoms with Crippen molar-refractivity contribution in [3.8, 4) is 0 Å². The molecule has 0 aromatic heterocycles. The zero-order valence-corrected chi connectivity index (χ0v) is 12.1. The highest BCUT2D eigenvalue weighted by molar-refractivity contribution is 14.0. The van der Waals surface area contributed by atoms with Crippen molar-refractivity contribution >= 4 is 29.9 Å². The van der Waals surface area contributed by atoms with E-state index >= 15 is 0 Å². The van der Waals surface area contributed by atoms with E-state index < -0.39 is 0 Å². The number of aliphatic imine (C=N–C) groups is 1. The van der Waals surface area contributed by atoms with E-state index in [2.05, 4.69) is 46.0 Å². The summed E-state index contributed by atoms with van der Waals surface area (Å²) in [6, 6.07) is 11.3. The molecule has 1 aliphatic carbocycles. The molecule has 1 aromatic rings.